The van der Waals surface area contributed by atoms with Crippen LogP contribution in [0.25, 0.3) is 0 Å². The molecule has 1 fully saturated rings. The Kier molecular flexibility index (Phi) is 0.932. The van der Waals surface area contributed by atoms with E-state index < -0.39 is 0 Å². The molecule has 1 heterocycles. The van der Waals surface area contributed by atoms with Crippen molar-refractivity contribution in [1.29, 1.82) is 5.41 Å². The van der Waals surface area contributed by atoms with Crippen molar-refractivity contribution in [3.63, 3.8) is 0 Å². The van der Waals surface area contributed by atoms with Crippen LogP contribution in [0.15, 0.2) is 0 Å². The molecule has 0 unspecified atom stereocenters. The Labute approximate surface area is 47.0 Å². The van der Waals surface area contributed by atoms with Crippen LogP contribution in [-0.2, 0) is 0 Å². The Bertz CT molecular complexity index is 142. The standard InChI is InChI=1S/C4H7N3O/c1-7-2-3(5)6-4(7)8/h2H2,1H3,(H2,5,6,8). The zero-order valence-corrected chi connectivity index (χ0v) is 4.56. The molecule has 0 radical (unpaired) electrons. The first-order valence-corrected chi connectivity index (χ1v) is 2.29. The summed E-state index contributed by atoms with van der Waals surface area (Å²) in [5.41, 5.74) is 0. The van der Waals surface area contributed by atoms with Gasteiger partial charge in [0.2, 0.25) is 0 Å². The lowest BCUT2D eigenvalue weighted by Crippen LogP contribution is -2.24. The van der Waals surface area contributed by atoms with Crippen molar-refractivity contribution in [2.75, 3.05) is 13.6 Å². The largest absolute Gasteiger partial charge is 0.322 e. The molecule has 1 saturated heterocycles. The molecular weight excluding hydrogens is 106 g/mol. The quantitative estimate of drug-likeness (QED) is 0.442. The van der Waals surface area contributed by atoms with Crippen LogP contribution in [0, 0.1) is 5.41 Å². The number of hydrogen-bond acceptors (Lipinski definition) is 2. The first kappa shape index (κ1) is 5.08. The third-order valence-electron chi connectivity index (χ3n) is 1.000. The second-order valence-electron chi connectivity index (χ2n) is 1.76. The van der Waals surface area contributed by atoms with E-state index in [1.54, 1.807) is 7.05 Å². The van der Waals surface area contributed by atoms with Gasteiger partial charge in [0, 0.05) is 7.05 Å². The fraction of sp³-hybridized carbons (Fsp3) is 0.500. The topological polar surface area (TPSA) is 56.2 Å². The van der Waals surface area contributed by atoms with Gasteiger partial charge in [0.1, 0.15) is 5.84 Å². The van der Waals surface area contributed by atoms with Gasteiger partial charge in [0.15, 0.2) is 0 Å². The van der Waals surface area contributed by atoms with Gasteiger partial charge in [-0.25, -0.2) is 4.79 Å². The van der Waals surface area contributed by atoms with Gasteiger partial charge in [-0.3, -0.25) is 10.7 Å². The molecule has 2 amide bonds. The molecule has 44 valence electrons. The maximum absolute atomic E-state index is 10.5. The molecule has 0 aromatic heterocycles. The Balaban J connectivity index is 2.64. The third-order valence-corrected chi connectivity index (χ3v) is 1.000. The molecule has 2 N–H and O–H groups in total. The average Bonchev–Trinajstić information content (AvgIpc) is 1.85. The van der Waals surface area contributed by atoms with E-state index in [0.717, 1.165) is 0 Å². The summed E-state index contributed by atoms with van der Waals surface area (Å²) < 4.78 is 0. The molecule has 1 aliphatic rings. The van der Waals surface area contributed by atoms with E-state index in [0.29, 0.717) is 6.54 Å². The highest BCUT2D eigenvalue weighted by Crippen LogP contribution is 1.91. The SMILES string of the molecule is CN1CC(=N)NC1=O. The fourth-order valence-electron chi connectivity index (χ4n) is 0.573. The smallest absolute Gasteiger partial charge is 0.320 e. The number of amides is 2. The van der Waals surface area contributed by atoms with Crippen LogP contribution in [0.5, 0.6) is 0 Å². The third kappa shape index (κ3) is 0.641. The van der Waals surface area contributed by atoms with Crippen LogP contribution in [-0.4, -0.2) is 30.4 Å². The van der Waals surface area contributed by atoms with Crippen molar-refractivity contribution in [3.05, 3.63) is 0 Å². The van der Waals surface area contributed by atoms with E-state index >= 15 is 0 Å². The summed E-state index contributed by atoms with van der Waals surface area (Å²) in [5.74, 6) is 0.275. The van der Waals surface area contributed by atoms with Gasteiger partial charge in [-0.15, -0.1) is 0 Å². The number of rotatable bonds is 0. The highest BCUT2D eigenvalue weighted by molar-refractivity contribution is 6.03. The molecule has 0 aromatic rings. The number of likely N-dealkylation sites (N-methyl/N-ethyl adjacent to an activating group) is 1. The molecule has 4 nitrogen and oxygen atoms in total. The first-order chi connectivity index (χ1) is 3.70. The van der Waals surface area contributed by atoms with E-state index in [9.17, 15) is 4.79 Å². The van der Waals surface area contributed by atoms with Gasteiger partial charge in [0.25, 0.3) is 0 Å². The maximum Gasteiger partial charge on any atom is 0.322 e. The molecule has 0 aromatic carbocycles. The van der Waals surface area contributed by atoms with Gasteiger partial charge in [0.05, 0.1) is 6.54 Å². The molecule has 0 spiro atoms. The summed E-state index contributed by atoms with van der Waals surface area (Å²) in [5, 5.41) is 9.27. The Morgan fingerprint density at radius 3 is 2.62 bits per heavy atom. The summed E-state index contributed by atoms with van der Waals surface area (Å²) in [6, 6.07) is -0.185. The normalized spacial score (nSPS) is 19.4. The van der Waals surface area contributed by atoms with E-state index in [-0.39, 0.29) is 11.9 Å². The summed E-state index contributed by atoms with van der Waals surface area (Å²) in [6.45, 7) is 0.416. The number of carbonyl (C=O) groups is 1. The lowest BCUT2D eigenvalue weighted by atomic mass is 10.6. The predicted octanol–water partition coefficient (Wildman–Crippen LogP) is -0.381. The molecule has 4 heteroatoms. The van der Waals surface area contributed by atoms with E-state index in [1.807, 2.05) is 0 Å². The molecule has 0 saturated carbocycles. The second kappa shape index (κ2) is 1.47. The summed E-state index contributed by atoms with van der Waals surface area (Å²) >= 11 is 0. The lowest BCUT2D eigenvalue weighted by Gasteiger charge is -2.00. The molecule has 0 atom stereocenters. The molecule has 0 aliphatic carbocycles. The molecule has 1 rings (SSSR count). The minimum absolute atomic E-state index is 0.185. The molecule has 0 bridgehead atoms. The second-order valence-corrected chi connectivity index (χ2v) is 1.76. The van der Waals surface area contributed by atoms with E-state index in [1.165, 1.54) is 4.90 Å². The Hall–Kier alpha value is -1.06. The summed E-state index contributed by atoms with van der Waals surface area (Å²) in [6.07, 6.45) is 0. The van der Waals surface area contributed by atoms with Crippen LogP contribution < -0.4 is 5.32 Å². The van der Waals surface area contributed by atoms with Crippen LogP contribution >= 0.6 is 0 Å². The van der Waals surface area contributed by atoms with Crippen molar-refractivity contribution in [1.82, 2.24) is 10.2 Å². The maximum atomic E-state index is 10.5. The van der Waals surface area contributed by atoms with Crippen LogP contribution in [0.3, 0.4) is 0 Å². The zero-order chi connectivity index (χ0) is 6.15. The molecule has 8 heavy (non-hydrogen) atoms. The number of hydrogen-bond donors (Lipinski definition) is 2. The van der Waals surface area contributed by atoms with Crippen molar-refractivity contribution < 1.29 is 4.79 Å². The minimum Gasteiger partial charge on any atom is -0.320 e. The summed E-state index contributed by atoms with van der Waals surface area (Å²) in [4.78, 5) is 11.9. The van der Waals surface area contributed by atoms with E-state index in [4.69, 9.17) is 5.41 Å². The minimum atomic E-state index is -0.185. The van der Waals surface area contributed by atoms with Gasteiger partial charge in [-0.05, 0) is 0 Å². The van der Waals surface area contributed by atoms with Crippen molar-refractivity contribution in [2.24, 2.45) is 0 Å². The Morgan fingerprint density at radius 1 is 1.88 bits per heavy atom. The Morgan fingerprint density at radius 2 is 2.50 bits per heavy atom. The van der Waals surface area contributed by atoms with Crippen LogP contribution in [0.1, 0.15) is 0 Å². The van der Waals surface area contributed by atoms with Gasteiger partial charge < -0.3 is 4.90 Å². The van der Waals surface area contributed by atoms with Crippen molar-refractivity contribution in [3.8, 4) is 0 Å². The molecular formula is C4H7N3O. The number of nitrogens with zero attached hydrogens (tertiary/aromatic N) is 1. The van der Waals surface area contributed by atoms with Gasteiger partial charge >= 0.3 is 6.03 Å². The monoisotopic (exact) mass is 113 g/mol. The van der Waals surface area contributed by atoms with Crippen molar-refractivity contribution >= 4 is 11.9 Å². The molecule has 1 aliphatic heterocycles. The number of urea groups is 1. The summed E-state index contributed by atoms with van der Waals surface area (Å²) in [7, 11) is 1.65. The average molecular weight is 113 g/mol. The fourth-order valence-corrected chi connectivity index (χ4v) is 0.573. The van der Waals surface area contributed by atoms with Crippen LogP contribution in [0.2, 0.25) is 0 Å². The number of carbonyl (C=O) groups excluding carboxylic acids is 1. The first-order valence-electron chi connectivity index (χ1n) is 2.29. The van der Waals surface area contributed by atoms with Crippen molar-refractivity contribution in [2.45, 2.75) is 0 Å². The van der Waals surface area contributed by atoms with Gasteiger partial charge in [-0.2, -0.15) is 0 Å². The number of nitrogens with one attached hydrogen (secondary N) is 2. The van der Waals surface area contributed by atoms with E-state index in [2.05, 4.69) is 5.32 Å². The predicted molar refractivity (Wildman–Crippen MR) is 28.9 cm³/mol. The highest BCUT2D eigenvalue weighted by atomic mass is 16.2. The van der Waals surface area contributed by atoms with Gasteiger partial charge in [-0.1, -0.05) is 0 Å². The number of amidine groups is 1. The van der Waals surface area contributed by atoms with Crippen LogP contribution in [0.4, 0.5) is 4.79 Å². The highest BCUT2D eigenvalue weighted by Gasteiger charge is 2.18. The lowest BCUT2D eigenvalue weighted by molar-refractivity contribution is 0.226. The zero-order valence-electron chi connectivity index (χ0n) is 4.56.